The van der Waals surface area contributed by atoms with Crippen LogP contribution in [0.25, 0.3) is 0 Å². The van der Waals surface area contributed by atoms with Crippen LogP contribution in [0.4, 0.5) is 17.1 Å². The molecule has 4 rings (SSSR count). The molecule has 0 unspecified atom stereocenters. The predicted octanol–water partition coefficient (Wildman–Crippen LogP) is 9.82. The molecule has 0 bridgehead atoms. The molecule has 0 radical (unpaired) electrons. The molecule has 0 aromatic heterocycles. The fourth-order valence-corrected chi connectivity index (χ4v) is 4.65. The van der Waals surface area contributed by atoms with Crippen molar-refractivity contribution in [3.63, 3.8) is 0 Å². The van der Waals surface area contributed by atoms with Crippen LogP contribution in [0.2, 0.25) is 0 Å². The summed E-state index contributed by atoms with van der Waals surface area (Å²) in [4.78, 5) is 5.05. The molecule has 0 amide bonds. The Morgan fingerprint density at radius 3 is 2.11 bits per heavy atom. The van der Waals surface area contributed by atoms with Crippen molar-refractivity contribution in [1.82, 2.24) is 0 Å². The molecule has 0 aliphatic heterocycles. The molecule has 36 heavy (non-hydrogen) atoms. The Morgan fingerprint density at radius 2 is 1.44 bits per heavy atom. The van der Waals surface area contributed by atoms with Gasteiger partial charge in [-0.3, -0.25) is 4.99 Å². The number of nitrogens with zero attached hydrogens (tertiary/aromatic N) is 1. The van der Waals surface area contributed by atoms with Gasteiger partial charge in [0.2, 0.25) is 0 Å². The fraction of sp³-hybridized carbons (Fsp3) is 0.303. The molecule has 0 atom stereocenters. The third-order valence-corrected chi connectivity index (χ3v) is 6.72. The van der Waals surface area contributed by atoms with Crippen molar-refractivity contribution in [2.24, 2.45) is 4.99 Å². The average Bonchev–Trinajstić information content (AvgIpc) is 2.86. The molecule has 3 aromatic carbocycles. The molecule has 1 N–H and O–H groups in total. The van der Waals surface area contributed by atoms with Crippen molar-refractivity contribution in [2.45, 2.75) is 66.2 Å². The summed E-state index contributed by atoms with van der Waals surface area (Å²) in [5, 5.41) is 3.61. The number of hydrogen-bond donors (Lipinski definition) is 1. The lowest BCUT2D eigenvalue weighted by molar-refractivity contribution is 0.425. The van der Waals surface area contributed by atoms with Crippen molar-refractivity contribution in [1.29, 1.82) is 0 Å². The van der Waals surface area contributed by atoms with Crippen molar-refractivity contribution in [3.8, 4) is 5.75 Å². The van der Waals surface area contributed by atoms with Gasteiger partial charge in [0.1, 0.15) is 5.76 Å². The van der Waals surface area contributed by atoms with Gasteiger partial charge >= 0.3 is 0 Å². The van der Waals surface area contributed by atoms with E-state index in [4.69, 9.17) is 9.73 Å². The standard InChI is InChI=1S/C33H38N2O/c1-22(2)27-16-12-17-28(23(3)4)32(27)34-21-26-15-7-8-18-29(26)35-30-19-9-10-20-31(30)36-33-24(5)13-11-14-25(33)6/h7-10,12-13,15-23,35H,11,14H2,1-6H3. The van der Waals surface area contributed by atoms with Gasteiger partial charge in [0.15, 0.2) is 5.75 Å². The highest BCUT2D eigenvalue weighted by Gasteiger charge is 2.16. The minimum absolute atomic E-state index is 0.406. The SMILES string of the molecule is CC1=CCCC(C)=C1Oc1ccccc1Nc1ccccc1C=Nc1c(C(C)C)cccc1C(C)C. The lowest BCUT2D eigenvalue weighted by atomic mass is 9.93. The van der Waals surface area contributed by atoms with E-state index in [1.54, 1.807) is 0 Å². The second-order valence-electron chi connectivity index (χ2n) is 10.2. The second kappa shape index (κ2) is 11.4. The zero-order chi connectivity index (χ0) is 25.7. The van der Waals surface area contributed by atoms with Gasteiger partial charge < -0.3 is 10.1 Å². The van der Waals surface area contributed by atoms with E-state index in [-0.39, 0.29) is 0 Å². The van der Waals surface area contributed by atoms with Gasteiger partial charge in [-0.25, -0.2) is 0 Å². The van der Waals surface area contributed by atoms with Crippen LogP contribution in [0.5, 0.6) is 5.75 Å². The summed E-state index contributed by atoms with van der Waals surface area (Å²) in [5.74, 6) is 2.61. The van der Waals surface area contributed by atoms with E-state index in [0.717, 1.165) is 47.0 Å². The Morgan fingerprint density at radius 1 is 0.806 bits per heavy atom. The largest absolute Gasteiger partial charge is 0.455 e. The van der Waals surface area contributed by atoms with Crippen LogP contribution in [-0.4, -0.2) is 6.21 Å². The minimum Gasteiger partial charge on any atom is -0.455 e. The number of para-hydroxylation sites is 4. The van der Waals surface area contributed by atoms with E-state index >= 15 is 0 Å². The molecular formula is C33H38N2O. The summed E-state index contributed by atoms with van der Waals surface area (Å²) in [5.41, 5.74) is 9.09. The van der Waals surface area contributed by atoms with E-state index in [1.807, 2.05) is 30.5 Å². The monoisotopic (exact) mass is 478 g/mol. The van der Waals surface area contributed by atoms with E-state index in [0.29, 0.717) is 11.8 Å². The van der Waals surface area contributed by atoms with Gasteiger partial charge in [-0.15, -0.1) is 0 Å². The molecule has 0 saturated heterocycles. The van der Waals surface area contributed by atoms with Crippen molar-refractivity contribution in [3.05, 3.63) is 106 Å². The maximum atomic E-state index is 6.45. The van der Waals surface area contributed by atoms with Crippen molar-refractivity contribution < 1.29 is 4.74 Å². The molecule has 0 heterocycles. The van der Waals surface area contributed by atoms with E-state index < -0.39 is 0 Å². The average molecular weight is 479 g/mol. The molecular weight excluding hydrogens is 440 g/mol. The molecule has 1 aliphatic rings. The van der Waals surface area contributed by atoms with Gasteiger partial charge in [-0.05, 0) is 79.0 Å². The highest BCUT2D eigenvalue weighted by atomic mass is 16.5. The number of allylic oxidation sites excluding steroid dienone is 3. The quantitative estimate of drug-likeness (QED) is 0.327. The van der Waals surface area contributed by atoms with Gasteiger partial charge in [-0.2, -0.15) is 0 Å². The Balaban J connectivity index is 1.66. The smallest absolute Gasteiger partial charge is 0.150 e. The molecule has 0 fully saturated rings. The third-order valence-electron chi connectivity index (χ3n) is 6.72. The second-order valence-corrected chi connectivity index (χ2v) is 10.2. The number of nitrogens with one attached hydrogen (secondary N) is 1. The van der Waals surface area contributed by atoms with Gasteiger partial charge in [0, 0.05) is 17.5 Å². The highest BCUT2D eigenvalue weighted by molar-refractivity contribution is 5.91. The molecule has 186 valence electrons. The Kier molecular flexibility index (Phi) is 8.10. The van der Waals surface area contributed by atoms with E-state index in [2.05, 4.69) is 95.4 Å². The maximum absolute atomic E-state index is 6.45. The van der Waals surface area contributed by atoms with Crippen LogP contribution in [0.1, 0.15) is 82.9 Å². The van der Waals surface area contributed by atoms with E-state index in [1.165, 1.54) is 22.3 Å². The number of aliphatic imine (C=N–C) groups is 1. The highest BCUT2D eigenvalue weighted by Crippen LogP contribution is 2.36. The number of rotatable bonds is 8. The third kappa shape index (κ3) is 5.79. The summed E-state index contributed by atoms with van der Waals surface area (Å²) < 4.78 is 6.45. The van der Waals surface area contributed by atoms with Crippen LogP contribution in [0.15, 0.2) is 94.7 Å². The van der Waals surface area contributed by atoms with Crippen LogP contribution in [0, 0.1) is 0 Å². The summed E-state index contributed by atoms with van der Waals surface area (Å²) in [6, 6.07) is 23.0. The molecule has 1 aliphatic carbocycles. The molecule has 3 aromatic rings. The number of ether oxygens (including phenoxy) is 1. The zero-order valence-electron chi connectivity index (χ0n) is 22.4. The van der Waals surface area contributed by atoms with Gasteiger partial charge in [0.25, 0.3) is 0 Å². The normalized spacial score (nSPS) is 14.1. The number of anilines is 2. The first kappa shape index (κ1) is 25.5. The molecule has 0 saturated carbocycles. The lowest BCUT2D eigenvalue weighted by Gasteiger charge is -2.20. The van der Waals surface area contributed by atoms with Gasteiger partial charge in [-0.1, -0.05) is 82.3 Å². The first-order valence-electron chi connectivity index (χ1n) is 13.0. The van der Waals surface area contributed by atoms with Gasteiger partial charge in [0.05, 0.1) is 11.4 Å². The zero-order valence-corrected chi connectivity index (χ0v) is 22.4. The topological polar surface area (TPSA) is 33.6 Å². The maximum Gasteiger partial charge on any atom is 0.150 e. The van der Waals surface area contributed by atoms with Crippen LogP contribution in [0.3, 0.4) is 0 Å². The molecule has 3 nitrogen and oxygen atoms in total. The summed E-state index contributed by atoms with van der Waals surface area (Å²) in [7, 11) is 0. The van der Waals surface area contributed by atoms with Crippen LogP contribution < -0.4 is 10.1 Å². The van der Waals surface area contributed by atoms with E-state index in [9.17, 15) is 0 Å². The predicted molar refractivity (Wildman–Crippen MR) is 154 cm³/mol. The minimum atomic E-state index is 0.406. The summed E-state index contributed by atoms with van der Waals surface area (Å²) >= 11 is 0. The van der Waals surface area contributed by atoms with Crippen molar-refractivity contribution >= 4 is 23.3 Å². The lowest BCUT2D eigenvalue weighted by Crippen LogP contribution is -2.06. The first-order chi connectivity index (χ1) is 17.3. The fourth-order valence-electron chi connectivity index (χ4n) is 4.65. The van der Waals surface area contributed by atoms with Crippen LogP contribution >= 0.6 is 0 Å². The summed E-state index contributed by atoms with van der Waals surface area (Å²) in [6.45, 7) is 13.2. The summed E-state index contributed by atoms with van der Waals surface area (Å²) in [6.07, 6.45) is 6.36. The Bertz CT molecular complexity index is 1280. The number of benzene rings is 3. The number of hydrogen-bond acceptors (Lipinski definition) is 3. The van der Waals surface area contributed by atoms with Crippen LogP contribution in [-0.2, 0) is 0 Å². The molecule has 3 heteroatoms. The Labute approximate surface area is 216 Å². The van der Waals surface area contributed by atoms with Crippen molar-refractivity contribution in [2.75, 3.05) is 5.32 Å². The molecule has 0 spiro atoms. The first-order valence-corrected chi connectivity index (χ1v) is 13.0. The Hall–Kier alpha value is -3.59.